The monoisotopic (exact) mass is 279 g/mol. The average Bonchev–Trinajstić information content (AvgIpc) is 2.42. The fraction of sp³-hybridized carbons (Fsp3) is 0.706. The Morgan fingerprint density at radius 2 is 2.00 bits per heavy atom. The van der Waals surface area contributed by atoms with Crippen molar-refractivity contribution in [2.24, 2.45) is 5.41 Å². The summed E-state index contributed by atoms with van der Waals surface area (Å²) in [4.78, 5) is 14.0. The van der Waals surface area contributed by atoms with E-state index in [9.17, 15) is 9.90 Å². The molecule has 0 aromatic rings. The average molecular weight is 279 g/mol. The van der Waals surface area contributed by atoms with E-state index >= 15 is 0 Å². The quantitative estimate of drug-likeness (QED) is 0.568. The zero-order valence-electron chi connectivity index (χ0n) is 13.1. The lowest BCUT2D eigenvalue weighted by Crippen LogP contribution is -2.49. The maximum absolute atomic E-state index is 11.7. The van der Waals surface area contributed by atoms with Gasteiger partial charge in [0.1, 0.15) is 0 Å². The number of allylic oxidation sites excluding steroid dienone is 4. The first-order valence-electron chi connectivity index (χ1n) is 7.75. The van der Waals surface area contributed by atoms with Gasteiger partial charge in [-0.3, -0.25) is 9.69 Å². The second-order valence-corrected chi connectivity index (χ2v) is 6.08. The van der Waals surface area contributed by atoms with Gasteiger partial charge in [-0.15, -0.1) is 0 Å². The van der Waals surface area contributed by atoms with Crippen LogP contribution in [0.1, 0.15) is 52.9 Å². The van der Waals surface area contributed by atoms with Crippen molar-refractivity contribution in [1.82, 2.24) is 4.90 Å². The van der Waals surface area contributed by atoms with Crippen molar-refractivity contribution in [2.75, 3.05) is 13.1 Å². The van der Waals surface area contributed by atoms with Gasteiger partial charge in [-0.2, -0.15) is 0 Å². The summed E-state index contributed by atoms with van der Waals surface area (Å²) < 4.78 is 0. The van der Waals surface area contributed by atoms with Gasteiger partial charge in [0.2, 0.25) is 0 Å². The van der Waals surface area contributed by atoms with Gasteiger partial charge in [-0.25, -0.2) is 0 Å². The van der Waals surface area contributed by atoms with Crippen LogP contribution in [0, 0.1) is 5.41 Å². The van der Waals surface area contributed by atoms with Gasteiger partial charge in [-0.1, -0.05) is 24.3 Å². The predicted octanol–water partition coefficient (Wildman–Crippen LogP) is 3.86. The summed E-state index contributed by atoms with van der Waals surface area (Å²) in [5.41, 5.74) is -0.584. The van der Waals surface area contributed by atoms with E-state index in [1.54, 1.807) is 0 Å². The number of carboxylic acids is 1. The van der Waals surface area contributed by atoms with Crippen molar-refractivity contribution in [2.45, 2.75) is 58.9 Å². The summed E-state index contributed by atoms with van der Waals surface area (Å²) in [5, 5.41) is 9.66. The minimum Gasteiger partial charge on any atom is -0.481 e. The van der Waals surface area contributed by atoms with Crippen LogP contribution >= 0.6 is 0 Å². The number of aliphatic carboxylic acids is 1. The Morgan fingerprint density at radius 3 is 2.60 bits per heavy atom. The fourth-order valence-electron chi connectivity index (χ4n) is 2.82. The van der Waals surface area contributed by atoms with Crippen LogP contribution in [0.3, 0.4) is 0 Å². The maximum atomic E-state index is 11.7. The number of carboxylic acid groups (broad SMARTS) is 1. The molecule has 0 aromatic heterocycles. The van der Waals surface area contributed by atoms with Gasteiger partial charge in [0, 0.05) is 12.6 Å². The highest BCUT2D eigenvalue weighted by Gasteiger charge is 2.41. The van der Waals surface area contributed by atoms with Crippen molar-refractivity contribution in [1.29, 1.82) is 0 Å². The van der Waals surface area contributed by atoms with Crippen molar-refractivity contribution in [3.63, 3.8) is 0 Å². The van der Waals surface area contributed by atoms with Gasteiger partial charge in [0.05, 0.1) is 5.41 Å². The van der Waals surface area contributed by atoms with Crippen LogP contribution < -0.4 is 0 Å². The van der Waals surface area contributed by atoms with Gasteiger partial charge >= 0.3 is 5.97 Å². The number of rotatable bonds is 7. The summed E-state index contributed by atoms with van der Waals surface area (Å²) in [5.74, 6) is -0.638. The molecule has 1 atom stereocenters. The molecule has 0 radical (unpaired) electrons. The third kappa shape index (κ3) is 4.78. The number of carbonyl (C=O) groups is 1. The Hall–Kier alpha value is -1.09. The summed E-state index contributed by atoms with van der Waals surface area (Å²) in [7, 11) is 0. The topological polar surface area (TPSA) is 40.5 Å². The van der Waals surface area contributed by atoms with E-state index in [1.807, 2.05) is 13.0 Å². The predicted molar refractivity (Wildman–Crippen MR) is 83.8 cm³/mol. The van der Waals surface area contributed by atoms with Gasteiger partial charge in [0.15, 0.2) is 0 Å². The summed E-state index contributed by atoms with van der Waals surface area (Å²) in [6, 6.07) is 0.424. The molecule has 0 aromatic carbocycles. The molecule has 0 aliphatic carbocycles. The highest BCUT2D eigenvalue weighted by atomic mass is 16.4. The molecule has 1 heterocycles. The molecule has 1 N–H and O–H groups in total. The zero-order valence-corrected chi connectivity index (χ0v) is 13.1. The normalized spacial score (nSPS) is 25.0. The van der Waals surface area contributed by atoms with Crippen LogP contribution in [0.4, 0.5) is 0 Å². The minimum atomic E-state index is -0.638. The molecule has 1 saturated heterocycles. The minimum absolute atomic E-state index is 0.424. The molecule has 1 unspecified atom stereocenters. The first-order chi connectivity index (χ1) is 9.52. The van der Waals surface area contributed by atoms with E-state index in [0.29, 0.717) is 19.0 Å². The lowest BCUT2D eigenvalue weighted by molar-refractivity contribution is -0.152. The first kappa shape index (κ1) is 17.0. The highest BCUT2D eigenvalue weighted by molar-refractivity contribution is 5.75. The molecule has 0 amide bonds. The number of piperidine rings is 1. The van der Waals surface area contributed by atoms with E-state index in [1.165, 1.54) is 0 Å². The number of hydrogen-bond acceptors (Lipinski definition) is 2. The summed E-state index contributed by atoms with van der Waals surface area (Å²) >= 11 is 0. The number of likely N-dealkylation sites (tertiary alicyclic amines) is 1. The smallest absolute Gasteiger partial charge is 0.311 e. The van der Waals surface area contributed by atoms with Crippen molar-refractivity contribution in [3.8, 4) is 0 Å². The molecule has 3 nitrogen and oxygen atoms in total. The van der Waals surface area contributed by atoms with E-state index in [0.717, 1.165) is 32.2 Å². The first-order valence-corrected chi connectivity index (χ1v) is 7.75. The maximum Gasteiger partial charge on any atom is 0.311 e. The zero-order chi connectivity index (χ0) is 15.0. The van der Waals surface area contributed by atoms with Crippen molar-refractivity contribution >= 4 is 5.97 Å². The van der Waals surface area contributed by atoms with E-state index in [-0.39, 0.29) is 0 Å². The largest absolute Gasteiger partial charge is 0.481 e. The highest BCUT2D eigenvalue weighted by Crippen LogP contribution is 2.35. The Morgan fingerprint density at radius 1 is 1.30 bits per heavy atom. The molecule has 0 saturated carbocycles. The van der Waals surface area contributed by atoms with Crippen LogP contribution in [0.2, 0.25) is 0 Å². The molecular weight excluding hydrogens is 250 g/mol. The van der Waals surface area contributed by atoms with Gasteiger partial charge in [-0.05, 0) is 59.4 Å². The molecule has 0 spiro atoms. The lowest BCUT2D eigenvalue weighted by atomic mass is 9.76. The van der Waals surface area contributed by atoms with E-state index in [2.05, 4.69) is 37.0 Å². The SMILES string of the molecule is C/C=C\CC/C=C/CC1(C(=O)O)CCCN(C(C)C)C1. The molecule has 1 aliphatic heterocycles. The summed E-state index contributed by atoms with van der Waals surface area (Å²) in [6.07, 6.45) is 12.8. The van der Waals surface area contributed by atoms with Crippen LogP contribution in [0.15, 0.2) is 24.3 Å². The van der Waals surface area contributed by atoms with Crippen molar-refractivity contribution in [3.05, 3.63) is 24.3 Å². The molecule has 1 fully saturated rings. The molecular formula is C17H29NO2. The fourth-order valence-corrected chi connectivity index (χ4v) is 2.82. The molecule has 1 aliphatic rings. The number of hydrogen-bond donors (Lipinski definition) is 1. The standard InChI is InChI=1S/C17H29NO2/c1-4-5-6-7-8-9-11-17(16(19)20)12-10-13-18(14-17)15(2)3/h4-5,8-9,15H,6-7,10-14H2,1-3H3,(H,19,20)/b5-4-,9-8+. The summed E-state index contributed by atoms with van der Waals surface area (Å²) in [6.45, 7) is 8.01. The molecule has 114 valence electrons. The van der Waals surface area contributed by atoms with Crippen LogP contribution in [-0.4, -0.2) is 35.1 Å². The Labute approximate surface area is 123 Å². The van der Waals surface area contributed by atoms with E-state index < -0.39 is 11.4 Å². The Kier molecular flexibility index (Phi) is 7.00. The van der Waals surface area contributed by atoms with Gasteiger partial charge in [0.25, 0.3) is 0 Å². The number of nitrogens with zero attached hydrogens (tertiary/aromatic N) is 1. The molecule has 3 heteroatoms. The van der Waals surface area contributed by atoms with E-state index in [4.69, 9.17) is 0 Å². The van der Waals surface area contributed by atoms with Crippen molar-refractivity contribution < 1.29 is 9.90 Å². The van der Waals surface area contributed by atoms with Crippen LogP contribution in [-0.2, 0) is 4.79 Å². The molecule has 1 rings (SSSR count). The Balaban J connectivity index is 2.60. The second kappa shape index (κ2) is 8.25. The lowest BCUT2D eigenvalue weighted by Gasteiger charge is -2.41. The second-order valence-electron chi connectivity index (χ2n) is 6.08. The third-order valence-electron chi connectivity index (χ3n) is 4.20. The number of unbranched alkanes of at least 4 members (excludes halogenated alkanes) is 1. The van der Waals surface area contributed by atoms with Gasteiger partial charge < -0.3 is 5.11 Å². The Bertz CT molecular complexity index is 360. The molecule has 0 bridgehead atoms. The molecule has 20 heavy (non-hydrogen) atoms. The third-order valence-corrected chi connectivity index (χ3v) is 4.20. The van der Waals surface area contributed by atoms with Crippen LogP contribution in [0.25, 0.3) is 0 Å². The van der Waals surface area contributed by atoms with Crippen LogP contribution in [0.5, 0.6) is 0 Å².